The van der Waals surface area contributed by atoms with E-state index in [1.165, 1.54) is 0 Å². The van der Waals surface area contributed by atoms with Crippen LogP contribution in [0.4, 0.5) is 0 Å². The molecular weight excluding hydrogens is 701 g/mol. The molecular formula is C51H32N4O2. The van der Waals surface area contributed by atoms with Crippen LogP contribution >= 0.6 is 0 Å². The number of benzene rings is 8. The number of nitrogens with zero attached hydrogens (tertiary/aromatic N) is 4. The van der Waals surface area contributed by atoms with Crippen LogP contribution in [0, 0.1) is 0 Å². The highest BCUT2D eigenvalue weighted by atomic mass is 16.6. The summed E-state index contributed by atoms with van der Waals surface area (Å²) in [5.74, 6) is 4.60. The second-order valence-electron chi connectivity index (χ2n) is 14.1. The lowest BCUT2D eigenvalue weighted by Gasteiger charge is -2.20. The molecule has 6 heteroatoms. The van der Waals surface area contributed by atoms with Gasteiger partial charge in [0.2, 0.25) is 0 Å². The van der Waals surface area contributed by atoms with Gasteiger partial charge in [0.1, 0.15) is 0 Å². The third kappa shape index (κ3) is 5.88. The van der Waals surface area contributed by atoms with E-state index < -0.39 is 0 Å². The number of fused-ring (bicyclic) bond motifs is 5. The van der Waals surface area contributed by atoms with Crippen molar-refractivity contribution in [2.45, 2.75) is 0 Å². The van der Waals surface area contributed by atoms with Crippen molar-refractivity contribution in [3.63, 3.8) is 0 Å². The Morgan fingerprint density at radius 1 is 0.298 bits per heavy atom. The molecule has 6 nitrogen and oxygen atoms in total. The van der Waals surface area contributed by atoms with Gasteiger partial charge in [-0.05, 0) is 82.9 Å². The Balaban J connectivity index is 1.03. The van der Waals surface area contributed by atoms with E-state index in [9.17, 15) is 0 Å². The van der Waals surface area contributed by atoms with E-state index in [1.807, 2.05) is 36.4 Å². The van der Waals surface area contributed by atoms with E-state index in [-0.39, 0.29) is 0 Å². The molecule has 0 spiro atoms. The van der Waals surface area contributed by atoms with Crippen molar-refractivity contribution >= 4 is 21.8 Å². The average molecular weight is 733 g/mol. The largest absolute Gasteiger partial charge is 0.449 e. The van der Waals surface area contributed by atoms with Crippen molar-refractivity contribution in [3.05, 3.63) is 194 Å². The lowest BCUT2D eigenvalue weighted by molar-refractivity contribution is 0.360. The van der Waals surface area contributed by atoms with Gasteiger partial charge in [-0.25, -0.2) is 15.0 Å². The van der Waals surface area contributed by atoms with Gasteiger partial charge in [-0.1, -0.05) is 127 Å². The molecule has 8 aromatic carbocycles. The fourth-order valence-corrected chi connectivity index (χ4v) is 7.73. The predicted octanol–water partition coefficient (Wildman–Crippen LogP) is 13.2. The zero-order valence-corrected chi connectivity index (χ0v) is 30.6. The van der Waals surface area contributed by atoms with E-state index in [4.69, 9.17) is 24.4 Å². The molecule has 0 radical (unpaired) electrons. The molecule has 1 aliphatic rings. The summed E-state index contributed by atoms with van der Waals surface area (Å²) >= 11 is 0. The summed E-state index contributed by atoms with van der Waals surface area (Å²) in [6.07, 6.45) is 0. The summed E-state index contributed by atoms with van der Waals surface area (Å²) in [6.45, 7) is 0. The minimum absolute atomic E-state index is 0.595. The van der Waals surface area contributed by atoms with Gasteiger partial charge in [-0.2, -0.15) is 0 Å². The molecule has 0 N–H and O–H groups in total. The molecule has 11 rings (SSSR count). The van der Waals surface area contributed by atoms with Crippen LogP contribution in [-0.4, -0.2) is 19.5 Å². The maximum Gasteiger partial charge on any atom is 0.172 e. The molecule has 57 heavy (non-hydrogen) atoms. The second kappa shape index (κ2) is 13.5. The number of rotatable bonds is 6. The fourth-order valence-electron chi connectivity index (χ4n) is 7.73. The minimum Gasteiger partial charge on any atom is -0.449 e. The van der Waals surface area contributed by atoms with Gasteiger partial charge in [0.05, 0.1) is 11.0 Å². The number of hydrogen-bond acceptors (Lipinski definition) is 5. The lowest BCUT2D eigenvalue weighted by atomic mass is 10.0. The average Bonchev–Trinajstić information content (AvgIpc) is 3.61. The third-order valence-electron chi connectivity index (χ3n) is 10.5. The molecule has 10 aromatic rings. The topological polar surface area (TPSA) is 62.1 Å². The van der Waals surface area contributed by atoms with Gasteiger partial charge < -0.3 is 14.0 Å². The van der Waals surface area contributed by atoms with E-state index in [2.05, 4.69) is 162 Å². The van der Waals surface area contributed by atoms with Crippen LogP contribution in [0.15, 0.2) is 194 Å². The van der Waals surface area contributed by atoms with Gasteiger partial charge >= 0.3 is 0 Å². The number of hydrogen-bond donors (Lipinski definition) is 0. The summed E-state index contributed by atoms with van der Waals surface area (Å²) in [5.41, 5.74) is 10.3. The predicted molar refractivity (Wildman–Crippen MR) is 228 cm³/mol. The SMILES string of the molecule is c1ccc(-c2cccc(-c3nc(-c4ccc(-n5c6ccccc6c6cc7c(cc65)Oc5ccccc5O7)cc4)nc(-c4cccc(-c5ccccc5)c4)n3)c2)cc1. The lowest BCUT2D eigenvalue weighted by Crippen LogP contribution is -2.01. The second-order valence-corrected chi connectivity index (χ2v) is 14.1. The van der Waals surface area contributed by atoms with Crippen LogP contribution in [0.3, 0.4) is 0 Å². The summed E-state index contributed by atoms with van der Waals surface area (Å²) in [7, 11) is 0. The first-order chi connectivity index (χ1) is 28.2. The molecule has 2 aromatic heterocycles. The number of ether oxygens (including phenoxy) is 2. The smallest absolute Gasteiger partial charge is 0.172 e. The fraction of sp³-hybridized carbons (Fsp3) is 0. The Kier molecular flexibility index (Phi) is 7.71. The van der Waals surface area contributed by atoms with Crippen molar-refractivity contribution in [3.8, 4) is 85.1 Å². The van der Waals surface area contributed by atoms with Crippen molar-refractivity contribution in [2.24, 2.45) is 0 Å². The Labute approximate surface area is 328 Å². The maximum absolute atomic E-state index is 6.35. The van der Waals surface area contributed by atoms with Crippen molar-refractivity contribution in [1.82, 2.24) is 19.5 Å². The third-order valence-corrected chi connectivity index (χ3v) is 10.5. The van der Waals surface area contributed by atoms with Crippen LogP contribution in [0.5, 0.6) is 23.0 Å². The highest BCUT2D eigenvalue weighted by Gasteiger charge is 2.23. The van der Waals surface area contributed by atoms with E-state index >= 15 is 0 Å². The molecule has 0 bridgehead atoms. The van der Waals surface area contributed by atoms with Gasteiger partial charge in [0.15, 0.2) is 40.5 Å². The van der Waals surface area contributed by atoms with E-state index in [0.29, 0.717) is 40.5 Å². The highest BCUT2D eigenvalue weighted by molar-refractivity contribution is 6.10. The molecule has 1 aliphatic heterocycles. The summed E-state index contributed by atoms with van der Waals surface area (Å²) in [4.78, 5) is 15.3. The molecule has 3 heterocycles. The van der Waals surface area contributed by atoms with Crippen molar-refractivity contribution in [1.29, 1.82) is 0 Å². The summed E-state index contributed by atoms with van der Waals surface area (Å²) in [5, 5.41) is 2.21. The van der Waals surface area contributed by atoms with E-state index in [0.717, 1.165) is 66.4 Å². The maximum atomic E-state index is 6.35. The zero-order valence-electron chi connectivity index (χ0n) is 30.6. The first-order valence-corrected chi connectivity index (χ1v) is 18.9. The Morgan fingerprint density at radius 3 is 1.37 bits per heavy atom. The van der Waals surface area contributed by atoms with E-state index in [1.54, 1.807) is 0 Å². The molecule has 0 saturated carbocycles. The monoisotopic (exact) mass is 732 g/mol. The highest BCUT2D eigenvalue weighted by Crippen LogP contribution is 2.48. The van der Waals surface area contributed by atoms with Crippen LogP contribution in [0.1, 0.15) is 0 Å². The van der Waals surface area contributed by atoms with Crippen LogP contribution in [0.25, 0.3) is 83.9 Å². The molecule has 0 amide bonds. The normalized spacial score (nSPS) is 11.8. The van der Waals surface area contributed by atoms with Crippen LogP contribution < -0.4 is 9.47 Å². The molecule has 0 saturated heterocycles. The molecule has 0 unspecified atom stereocenters. The first kappa shape index (κ1) is 32.6. The number of para-hydroxylation sites is 3. The molecule has 0 atom stereocenters. The van der Waals surface area contributed by atoms with Crippen LogP contribution in [0.2, 0.25) is 0 Å². The van der Waals surface area contributed by atoms with Crippen LogP contribution in [-0.2, 0) is 0 Å². The molecule has 0 aliphatic carbocycles. The molecule has 268 valence electrons. The number of aromatic nitrogens is 4. The van der Waals surface area contributed by atoms with Gasteiger partial charge in [0, 0.05) is 39.2 Å². The van der Waals surface area contributed by atoms with Gasteiger partial charge in [-0.15, -0.1) is 0 Å². The molecule has 0 fully saturated rings. The zero-order chi connectivity index (χ0) is 37.7. The Hall–Kier alpha value is -7.83. The van der Waals surface area contributed by atoms with Crippen molar-refractivity contribution < 1.29 is 9.47 Å². The summed E-state index contributed by atoms with van der Waals surface area (Å²) < 4.78 is 14.9. The Bertz CT molecular complexity index is 3020. The first-order valence-electron chi connectivity index (χ1n) is 18.9. The van der Waals surface area contributed by atoms with Gasteiger partial charge in [0.25, 0.3) is 0 Å². The Morgan fingerprint density at radius 2 is 0.772 bits per heavy atom. The minimum atomic E-state index is 0.595. The van der Waals surface area contributed by atoms with Crippen molar-refractivity contribution in [2.75, 3.05) is 0 Å². The standard InChI is InChI=1S/C51H32N4O2/c1-3-13-33(14-4-1)36-17-11-19-38(29-36)50-52-49(53-51(54-50)39-20-12-18-37(30-39)34-15-5-2-6-16-34)35-25-27-40(28-26-35)55-43-22-8-7-21-41(43)42-31-47-48(32-44(42)55)57-46-24-10-9-23-45(46)56-47/h1-32H. The summed E-state index contributed by atoms with van der Waals surface area (Å²) in [6, 6.07) is 66.3. The quantitative estimate of drug-likeness (QED) is 0.170. The van der Waals surface area contributed by atoms with Gasteiger partial charge in [-0.3, -0.25) is 0 Å².